The number of methoxy groups -OCH3 is 1. The largest absolute Gasteiger partial charge is 0.499 e. The lowest BCUT2D eigenvalue weighted by molar-refractivity contribution is -0.0893. The van der Waals surface area contributed by atoms with E-state index >= 15 is 0 Å². The van der Waals surface area contributed by atoms with Gasteiger partial charge in [-0.2, -0.15) is 0 Å². The van der Waals surface area contributed by atoms with Gasteiger partial charge in [0.2, 0.25) is 0 Å². The molecule has 1 heterocycles. The van der Waals surface area contributed by atoms with Crippen LogP contribution >= 0.6 is 0 Å². The first-order valence-corrected chi connectivity index (χ1v) is 10.7. The predicted octanol–water partition coefficient (Wildman–Crippen LogP) is 3.75. The van der Waals surface area contributed by atoms with Crippen LogP contribution in [0.4, 0.5) is 0 Å². The van der Waals surface area contributed by atoms with E-state index in [1.54, 1.807) is 7.11 Å². The number of rotatable bonds is 10. The number of piperazine rings is 1. The van der Waals surface area contributed by atoms with E-state index in [-0.39, 0.29) is 6.23 Å². The zero-order chi connectivity index (χ0) is 19.6. The van der Waals surface area contributed by atoms with E-state index < -0.39 is 0 Å². The molecule has 0 spiro atoms. The van der Waals surface area contributed by atoms with Crippen LogP contribution in [0, 0.1) is 5.92 Å². The Labute approximate surface area is 166 Å². The third kappa shape index (κ3) is 6.81. The number of aliphatic hydroxyl groups excluding tert-OH is 1. The lowest BCUT2D eigenvalue weighted by Crippen LogP contribution is -2.56. The topological polar surface area (TPSA) is 45.2 Å². The summed E-state index contributed by atoms with van der Waals surface area (Å²) in [5, 5.41) is 10.9. The average Bonchev–Trinajstić information content (AvgIpc) is 2.68. The van der Waals surface area contributed by atoms with Crippen molar-refractivity contribution in [2.75, 3.05) is 40.0 Å². The highest BCUT2D eigenvalue weighted by molar-refractivity contribution is 5.06. The summed E-state index contributed by atoms with van der Waals surface area (Å²) in [5.74, 6) is 1.30. The van der Waals surface area contributed by atoms with Crippen molar-refractivity contribution in [2.24, 2.45) is 5.92 Å². The van der Waals surface area contributed by atoms with Crippen molar-refractivity contribution in [2.45, 2.75) is 71.1 Å². The molecule has 27 heavy (non-hydrogen) atoms. The summed E-state index contributed by atoms with van der Waals surface area (Å²) in [6.07, 6.45) is 9.86. The van der Waals surface area contributed by atoms with E-state index in [9.17, 15) is 5.11 Å². The predicted molar refractivity (Wildman–Crippen MR) is 110 cm³/mol. The van der Waals surface area contributed by atoms with Crippen LogP contribution in [0.15, 0.2) is 24.1 Å². The molecule has 1 aliphatic carbocycles. The maximum Gasteiger partial charge on any atom is 0.110 e. The van der Waals surface area contributed by atoms with E-state index in [1.165, 1.54) is 37.8 Å². The Balaban J connectivity index is 1.92. The van der Waals surface area contributed by atoms with Gasteiger partial charge in [-0.1, -0.05) is 25.8 Å². The summed E-state index contributed by atoms with van der Waals surface area (Å²) in [7, 11) is 1.73. The van der Waals surface area contributed by atoms with Gasteiger partial charge in [-0.25, -0.2) is 0 Å². The van der Waals surface area contributed by atoms with Gasteiger partial charge in [-0.3, -0.25) is 4.90 Å². The fraction of sp³-hybridized carbons (Fsp3) is 0.818. The molecule has 1 unspecified atom stereocenters. The van der Waals surface area contributed by atoms with Gasteiger partial charge in [0.1, 0.15) is 6.23 Å². The second-order valence-corrected chi connectivity index (χ2v) is 7.97. The minimum atomic E-state index is -0.286. The Bertz CT molecular complexity index is 474. The zero-order valence-electron chi connectivity index (χ0n) is 17.7. The molecular weight excluding hydrogens is 340 g/mol. The second kappa shape index (κ2) is 11.7. The lowest BCUT2D eigenvalue weighted by Gasteiger charge is -2.46. The minimum absolute atomic E-state index is 0.286. The van der Waals surface area contributed by atoms with Gasteiger partial charge in [-0.15, -0.1) is 0 Å². The molecule has 1 saturated carbocycles. The highest BCUT2D eigenvalue weighted by Crippen LogP contribution is 2.30. The first kappa shape index (κ1) is 22.3. The molecule has 5 heteroatoms. The number of aliphatic hydroxyl groups is 1. The van der Waals surface area contributed by atoms with E-state index in [0.29, 0.717) is 25.2 Å². The number of ether oxygens (including phenoxy) is 2. The third-order valence-corrected chi connectivity index (χ3v) is 5.99. The first-order chi connectivity index (χ1) is 13.1. The molecule has 2 aliphatic rings. The lowest BCUT2D eigenvalue weighted by atomic mass is 9.87. The standard InChI is InChI=1S/C22H40N2O3/c1-5-27-19(3)11-12-21(13-16-26-4)23-14-15-24(18(2)17-23)22(25)20-9-7-6-8-10-20/h13,18,20,22,25H,3,5-12,14-17H2,1-2,4H3/b21-13+/t18-,22?/m1/s1. The quantitative estimate of drug-likeness (QED) is 0.585. The van der Waals surface area contributed by atoms with Gasteiger partial charge < -0.3 is 19.5 Å². The molecule has 156 valence electrons. The van der Waals surface area contributed by atoms with Crippen LogP contribution in [-0.2, 0) is 9.47 Å². The summed E-state index contributed by atoms with van der Waals surface area (Å²) in [6.45, 7) is 12.3. The molecular formula is C22H40N2O3. The maximum absolute atomic E-state index is 10.9. The van der Waals surface area contributed by atoms with Gasteiger partial charge in [0.25, 0.3) is 0 Å². The van der Waals surface area contributed by atoms with Crippen LogP contribution in [0.1, 0.15) is 58.8 Å². The average molecular weight is 381 g/mol. The van der Waals surface area contributed by atoms with Crippen LogP contribution in [0.25, 0.3) is 0 Å². The Morgan fingerprint density at radius 2 is 1.96 bits per heavy atom. The molecule has 1 saturated heterocycles. The van der Waals surface area contributed by atoms with Crippen LogP contribution in [0.5, 0.6) is 0 Å². The van der Waals surface area contributed by atoms with E-state index in [2.05, 4.69) is 29.4 Å². The molecule has 0 aromatic carbocycles. The van der Waals surface area contributed by atoms with E-state index in [0.717, 1.165) is 38.2 Å². The Morgan fingerprint density at radius 3 is 2.59 bits per heavy atom. The Morgan fingerprint density at radius 1 is 1.22 bits per heavy atom. The van der Waals surface area contributed by atoms with E-state index in [4.69, 9.17) is 9.47 Å². The SMILES string of the molecule is C=C(CC/C(=C\COC)N1CCN(C(O)C2CCCCC2)[C@H](C)C1)OCC. The van der Waals surface area contributed by atoms with Crippen molar-refractivity contribution in [3.05, 3.63) is 24.1 Å². The van der Waals surface area contributed by atoms with Gasteiger partial charge in [0.15, 0.2) is 0 Å². The number of hydrogen-bond acceptors (Lipinski definition) is 5. The summed E-state index contributed by atoms with van der Waals surface area (Å²) >= 11 is 0. The van der Waals surface area contributed by atoms with Crippen LogP contribution in [-0.4, -0.2) is 67.1 Å². The first-order valence-electron chi connectivity index (χ1n) is 10.7. The van der Waals surface area contributed by atoms with Gasteiger partial charge in [0.05, 0.1) is 19.0 Å². The molecule has 0 aromatic rings. The van der Waals surface area contributed by atoms with Crippen molar-refractivity contribution >= 4 is 0 Å². The smallest absolute Gasteiger partial charge is 0.110 e. The van der Waals surface area contributed by atoms with Gasteiger partial charge in [-0.05, 0) is 45.1 Å². The fourth-order valence-corrected chi connectivity index (χ4v) is 4.44. The molecule has 0 aromatic heterocycles. The number of allylic oxidation sites excluding steroid dienone is 2. The summed E-state index contributed by atoms with van der Waals surface area (Å²) in [5.41, 5.74) is 1.30. The van der Waals surface area contributed by atoms with Crippen LogP contribution in [0.3, 0.4) is 0 Å². The maximum atomic E-state index is 10.9. The van der Waals surface area contributed by atoms with Crippen LogP contribution in [0.2, 0.25) is 0 Å². The zero-order valence-corrected chi connectivity index (χ0v) is 17.7. The number of nitrogens with zero attached hydrogens (tertiary/aromatic N) is 2. The molecule has 2 fully saturated rings. The molecule has 1 aliphatic heterocycles. The van der Waals surface area contributed by atoms with Crippen molar-refractivity contribution in [1.82, 2.24) is 9.80 Å². The normalized spacial score (nSPS) is 24.1. The highest BCUT2D eigenvalue weighted by atomic mass is 16.5. The molecule has 0 bridgehead atoms. The van der Waals surface area contributed by atoms with E-state index in [1.807, 2.05) is 6.92 Å². The van der Waals surface area contributed by atoms with Gasteiger partial charge >= 0.3 is 0 Å². The van der Waals surface area contributed by atoms with Crippen molar-refractivity contribution < 1.29 is 14.6 Å². The molecule has 1 N–H and O–H groups in total. The van der Waals surface area contributed by atoms with Crippen LogP contribution < -0.4 is 0 Å². The number of hydrogen-bond donors (Lipinski definition) is 1. The molecule has 0 amide bonds. The molecule has 5 nitrogen and oxygen atoms in total. The molecule has 2 rings (SSSR count). The fourth-order valence-electron chi connectivity index (χ4n) is 4.44. The Kier molecular flexibility index (Phi) is 9.66. The molecule has 2 atom stereocenters. The van der Waals surface area contributed by atoms with Crippen molar-refractivity contribution in [1.29, 1.82) is 0 Å². The second-order valence-electron chi connectivity index (χ2n) is 7.97. The van der Waals surface area contributed by atoms with Crippen molar-refractivity contribution in [3.63, 3.8) is 0 Å². The third-order valence-electron chi connectivity index (χ3n) is 5.99. The highest BCUT2D eigenvalue weighted by Gasteiger charge is 2.33. The summed E-state index contributed by atoms with van der Waals surface area (Å²) < 4.78 is 10.8. The molecule has 0 radical (unpaired) electrons. The summed E-state index contributed by atoms with van der Waals surface area (Å²) in [6, 6.07) is 0.344. The van der Waals surface area contributed by atoms with Gasteiger partial charge in [0, 0.05) is 44.9 Å². The summed E-state index contributed by atoms with van der Waals surface area (Å²) in [4.78, 5) is 4.77. The Hall–Kier alpha value is -1.04. The van der Waals surface area contributed by atoms with Crippen molar-refractivity contribution in [3.8, 4) is 0 Å². The monoisotopic (exact) mass is 380 g/mol. The minimum Gasteiger partial charge on any atom is -0.499 e.